The quantitative estimate of drug-likeness (QED) is 0.856. The number of aryl methyl sites for hydroxylation is 1. The number of carbonyl (C=O) groups is 1. The van der Waals surface area contributed by atoms with Gasteiger partial charge in [0.25, 0.3) is 0 Å². The second kappa shape index (κ2) is 5.90. The zero-order valence-corrected chi connectivity index (χ0v) is 13.1. The molecule has 3 heteroatoms. The molecule has 1 aromatic carbocycles. The minimum Gasteiger partial charge on any atom is -0.380 e. The Balaban J connectivity index is 1.87. The van der Waals surface area contributed by atoms with Gasteiger partial charge in [-0.2, -0.15) is 0 Å². The Morgan fingerprint density at radius 3 is 2.86 bits per heavy atom. The monoisotopic (exact) mass is 287 g/mol. The van der Waals surface area contributed by atoms with Crippen molar-refractivity contribution in [2.75, 3.05) is 26.3 Å². The second-order valence-corrected chi connectivity index (χ2v) is 6.54. The molecule has 114 valence electrons. The molecule has 0 aromatic heterocycles. The van der Waals surface area contributed by atoms with Crippen LogP contribution in [0, 0.1) is 6.92 Å². The van der Waals surface area contributed by atoms with Crippen molar-refractivity contribution in [2.45, 2.75) is 44.6 Å². The molecule has 0 saturated carbocycles. The molecule has 0 bridgehead atoms. The van der Waals surface area contributed by atoms with Crippen LogP contribution in [0.15, 0.2) is 24.3 Å². The lowest BCUT2D eigenvalue weighted by Gasteiger charge is -2.33. The second-order valence-electron chi connectivity index (χ2n) is 6.54. The summed E-state index contributed by atoms with van der Waals surface area (Å²) in [5.41, 5.74) is 2.13. The van der Waals surface area contributed by atoms with E-state index in [2.05, 4.69) is 30.0 Å². The van der Waals surface area contributed by atoms with E-state index in [-0.39, 0.29) is 5.41 Å². The largest absolute Gasteiger partial charge is 0.380 e. The lowest BCUT2D eigenvalue weighted by molar-refractivity contribution is -0.122. The van der Waals surface area contributed by atoms with E-state index in [9.17, 15) is 4.79 Å². The zero-order valence-electron chi connectivity index (χ0n) is 13.1. The maximum absolute atomic E-state index is 12.5. The Hall–Kier alpha value is -1.19. The highest BCUT2D eigenvalue weighted by Crippen LogP contribution is 2.38. The molecule has 0 radical (unpaired) electrons. The fourth-order valence-electron chi connectivity index (χ4n) is 3.97. The number of benzene rings is 1. The summed E-state index contributed by atoms with van der Waals surface area (Å²) in [4.78, 5) is 15.0. The molecule has 2 aliphatic heterocycles. The molecular weight excluding hydrogens is 262 g/mol. The molecule has 0 amide bonds. The summed E-state index contributed by atoms with van der Waals surface area (Å²) in [6.45, 7) is 7.44. The summed E-state index contributed by atoms with van der Waals surface area (Å²) in [5.74, 6) is 0.302. The molecule has 2 unspecified atom stereocenters. The van der Waals surface area contributed by atoms with Gasteiger partial charge in [0.15, 0.2) is 0 Å². The predicted molar refractivity (Wildman–Crippen MR) is 83.6 cm³/mol. The summed E-state index contributed by atoms with van der Waals surface area (Å²) < 4.78 is 5.63. The van der Waals surface area contributed by atoms with Crippen LogP contribution in [0.1, 0.15) is 37.3 Å². The zero-order chi connectivity index (χ0) is 14.9. The lowest BCUT2D eigenvalue weighted by Crippen LogP contribution is -2.44. The number of Topliss-reactive ketones (excluding diaryl/α,β-unsaturated/α-hetero) is 1. The highest BCUT2D eigenvalue weighted by atomic mass is 16.5. The summed E-state index contributed by atoms with van der Waals surface area (Å²) >= 11 is 0. The third-order valence-corrected chi connectivity index (χ3v) is 5.29. The molecule has 2 fully saturated rings. The van der Waals surface area contributed by atoms with Crippen LogP contribution < -0.4 is 0 Å². The molecule has 21 heavy (non-hydrogen) atoms. The predicted octanol–water partition coefficient (Wildman–Crippen LogP) is 2.71. The molecule has 2 aliphatic rings. The third kappa shape index (κ3) is 2.65. The van der Waals surface area contributed by atoms with Gasteiger partial charge in [-0.3, -0.25) is 9.69 Å². The van der Waals surface area contributed by atoms with E-state index < -0.39 is 0 Å². The van der Waals surface area contributed by atoms with Gasteiger partial charge in [0.2, 0.25) is 0 Å². The molecule has 0 N–H and O–H groups in total. The SMILES string of the molecule is CC(=O)C1(c2ccccc2C)CCN(C2CCCOC2)C1. The first-order valence-corrected chi connectivity index (χ1v) is 8.02. The van der Waals surface area contributed by atoms with E-state index in [1.54, 1.807) is 6.92 Å². The highest BCUT2D eigenvalue weighted by Gasteiger charge is 2.46. The number of hydrogen-bond acceptors (Lipinski definition) is 3. The molecule has 0 aliphatic carbocycles. The van der Waals surface area contributed by atoms with Gasteiger partial charge in [0.05, 0.1) is 12.0 Å². The van der Waals surface area contributed by atoms with Crippen molar-refractivity contribution in [3.8, 4) is 0 Å². The Labute approximate surface area is 127 Å². The van der Waals surface area contributed by atoms with Gasteiger partial charge in [-0.05, 0) is 50.8 Å². The van der Waals surface area contributed by atoms with Gasteiger partial charge >= 0.3 is 0 Å². The average molecular weight is 287 g/mol. The number of likely N-dealkylation sites (tertiary alicyclic amines) is 1. The van der Waals surface area contributed by atoms with E-state index in [1.165, 1.54) is 17.5 Å². The fourth-order valence-corrected chi connectivity index (χ4v) is 3.97. The number of ketones is 1. The van der Waals surface area contributed by atoms with Crippen molar-refractivity contribution < 1.29 is 9.53 Å². The molecule has 3 rings (SSSR count). The maximum atomic E-state index is 12.5. The summed E-state index contributed by atoms with van der Waals surface area (Å²) in [7, 11) is 0. The molecular formula is C18H25NO2. The van der Waals surface area contributed by atoms with Crippen LogP contribution >= 0.6 is 0 Å². The van der Waals surface area contributed by atoms with Crippen LogP contribution in [-0.2, 0) is 14.9 Å². The number of nitrogens with zero attached hydrogens (tertiary/aromatic N) is 1. The van der Waals surface area contributed by atoms with E-state index in [4.69, 9.17) is 4.74 Å². The normalized spacial score (nSPS) is 30.5. The Bertz CT molecular complexity index is 522. The smallest absolute Gasteiger partial charge is 0.141 e. The maximum Gasteiger partial charge on any atom is 0.141 e. The fraction of sp³-hybridized carbons (Fsp3) is 0.611. The van der Waals surface area contributed by atoms with Crippen molar-refractivity contribution in [2.24, 2.45) is 0 Å². The molecule has 1 aromatic rings. The Morgan fingerprint density at radius 1 is 1.38 bits per heavy atom. The minimum absolute atomic E-state index is 0.302. The summed E-state index contributed by atoms with van der Waals surface area (Å²) in [6.07, 6.45) is 3.27. The van der Waals surface area contributed by atoms with Gasteiger partial charge < -0.3 is 4.74 Å². The molecule has 0 spiro atoms. The number of rotatable bonds is 3. The van der Waals surface area contributed by atoms with E-state index in [0.29, 0.717) is 11.8 Å². The van der Waals surface area contributed by atoms with E-state index >= 15 is 0 Å². The highest BCUT2D eigenvalue weighted by molar-refractivity contribution is 5.89. The standard InChI is InChI=1S/C18H25NO2/c1-14-6-3-4-8-17(14)18(15(2)20)9-10-19(13-18)16-7-5-11-21-12-16/h3-4,6,8,16H,5,7,9-13H2,1-2H3. The molecule has 2 saturated heterocycles. The van der Waals surface area contributed by atoms with Gasteiger partial charge in [-0.15, -0.1) is 0 Å². The molecule has 2 atom stereocenters. The number of carbonyl (C=O) groups excluding carboxylic acids is 1. The molecule has 3 nitrogen and oxygen atoms in total. The Kier molecular flexibility index (Phi) is 4.14. The minimum atomic E-state index is -0.317. The van der Waals surface area contributed by atoms with Crippen LogP contribution in [0.3, 0.4) is 0 Å². The molecule has 2 heterocycles. The number of ether oxygens (including phenoxy) is 1. The summed E-state index contributed by atoms with van der Waals surface area (Å²) in [5, 5.41) is 0. The van der Waals surface area contributed by atoms with Crippen LogP contribution in [0.5, 0.6) is 0 Å². The Morgan fingerprint density at radius 2 is 2.19 bits per heavy atom. The third-order valence-electron chi connectivity index (χ3n) is 5.29. The number of hydrogen-bond donors (Lipinski definition) is 0. The van der Waals surface area contributed by atoms with Crippen molar-refractivity contribution in [1.29, 1.82) is 0 Å². The van der Waals surface area contributed by atoms with Crippen LogP contribution in [0.4, 0.5) is 0 Å². The van der Waals surface area contributed by atoms with Crippen molar-refractivity contribution >= 4 is 5.78 Å². The summed E-state index contributed by atoms with van der Waals surface area (Å²) in [6, 6.07) is 8.85. The van der Waals surface area contributed by atoms with Crippen LogP contribution in [0.2, 0.25) is 0 Å². The van der Waals surface area contributed by atoms with Crippen molar-refractivity contribution in [3.63, 3.8) is 0 Å². The van der Waals surface area contributed by atoms with Crippen molar-refractivity contribution in [3.05, 3.63) is 35.4 Å². The first-order chi connectivity index (χ1) is 10.1. The van der Waals surface area contributed by atoms with Gasteiger partial charge in [-0.25, -0.2) is 0 Å². The first kappa shape index (κ1) is 14.7. The van der Waals surface area contributed by atoms with Gasteiger partial charge in [0, 0.05) is 19.2 Å². The van der Waals surface area contributed by atoms with Crippen LogP contribution in [0.25, 0.3) is 0 Å². The van der Waals surface area contributed by atoms with Crippen LogP contribution in [-0.4, -0.2) is 43.0 Å². The van der Waals surface area contributed by atoms with Crippen molar-refractivity contribution in [1.82, 2.24) is 4.90 Å². The average Bonchev–Trinajstić information content (AvgIpc) is 2.95. The van der Waals surface area contributed by atoms with Gasteiger partial charge in [-0.1, -0.05) is 24.3 Å². The van der Waals surface area contributed by atoms with Gasteiger partial charge in [0.1, 0.15) is 5.78 Å². The van der Waals surface area contributed by atoms with E-state index in [0.717, 1.165) is 39.1 Å². The van der Waals surface area contributed by atoms with E-state index in [1.807, 2.05) is 6.07 Å². The first-order valence-electron chi connectivity index (χ1n) is 8.02. The lowest BCUT2D eigenvalue weighted by atomic mass is 9.74. The topological polar surface area (TPSA) is 29.5 Å².